The average Bonchev–Trinajstić information content (AvgIpc) is 2.54. The fourth-order valence-electron chi connectivity index (χ4n) is 2.04. The summed E-state index contributed by atoms with van der Waals surface area (Å²) in [7, 11) is 0. The lowest BCUT2D eigenvalue weighted by molar-refractivity contribution is 0.0396. The standard InChI is InChI=1S/C17H12O7/c1-9-12(15(20)21)3-2-4-13(9)17(23)24-16(22)11-7-5-10(6-8-11)14(18)19/h2-8H,1H3,(H,18,19)(H,20,21). The van der Waals surface area contributed by atoms with Crippen molar-refractivity contribution < 1.29 is 34.1 Å². The summed E-state index contributed by atoms with van der Waals surface area (Å²) < 4.78 is 4.72. The smallest absolute Gasteiger partial charge is 0.346 e. The van der Waals surface area contributed by atoms with Gasteiger partial charge < -0.3 is 14.9 Å². The van der Waals surface area contributed by atoms with Crippen LogP contribution in [0.1, 0.15) is 47.0 Å². The van der Waals surface area contributed by atoms with Crippen molar-refractivity contribution in [3.05, 3.63) is 70.3 Å². The molecule has 2 aromatic rings. The first-order valence-electron chi connectivity index (χ1n) is 6.74. The monoisotopic (exact) mass is 328 g/mol. The Morgan fingerprint density at radius 3 is 1.83 bits per heavy atom. The molecule has 0 saturated carbocycles. The maximum absolute atomic E-state index is 12.1. The van der Waals surface area contributed by atoms with Crippen molar-refractivity contribution in [1.82, 2.24) is 0 Å². The number of carbonyl (C=O) groups is 4. The molecule has 0 bridgehead atoms. The van der Waals surface area contributed by atoms with Gasteiger partial charge >= 0.3 is 23.9 Å². The van der Waals surface area contributed by atoms with Crippen LogP contribution in [0.15, 0.2) is 42.5 Å². The van der Waals surface area contributed by atoms with Crippen molar-refractivity contribution >= 4 is 23.9 Å². The summed E-state index contributed by atoms with van der Waals surface area (Å²) in [5, 5.41) is 17.8. The van der Waals surface area contributed by atoms with Gasteiger partial charge in [-0.25, -0.2) is 19.2 Å². The van der Waals surface area contributed by atoms with Crippen molar-refractivity contribution in [2.45, 2.75) is 6.92 Å². The number of carboxylic acids is 2. The number of aromatic carboxylic acids is 2. The van der Waals surface area contributed by atoms with E-state index in [4.69, 9.17) is 14.9 Å². The number of hydrogen-bond donors (Lipinski definition) is 2. The lowest BCUT2D eigenvalue weighted by Crippen LogP contribution is -2.15. The van der Waals surface area contributed by atoms with Crippen LogP contribution in [0.4, 0.5) is 0 Å². The van der Waals surface area contributed by atoms with E-state index in [-0.39, 0.29) is 27.8 Å². The predicted molar refractivity (Wildman–Crippen MR) is 81.3 cm³/mol. The molecule has 0 aliphatic carbocycles. The zero-order valence-electron chi connectivity index (χ0n) is 12.5. The Morgan fingerprint density at radius 2 is 1.29 bits per heavy atom. The second kappa shape index (κ2) is 6.74. The van der Waals surface area contributed by atoms with Crippen LogP contribution in [0, 0.1) is 6.92 Å². The highest BCUT2D eigenvalue weighted by molar-refractivity contribution is 6.05. The van der Waals surface area contributed by atoms with Gasteiger partial charge in [-0.1, -0.05) is 6.07 Å². The number of hydrogen-bond acceptors (Lipinski definition) is 5. The van der Waals surface area contributed by atoms with Crippen LogP contribution in [0.2, 0.25) is 0 Å². The second-order valence-electron chi connectivity index (χ2n) is 4.84. The Bertz CT molecular complexity index is 835. The van der Waals surface area contributed by atoms with E-state index in [0.29, 0.717) is 0 Å². The topological polar surface area (TPSA) is 118 Å². The first-order chi connectivity index (χ1) is 11.3. The Labute approximate surface area is 136 Å². The summed E-state index contributed by atoms with van der Waals surface area (Å²) in [5.41, 5.74) is 0.0698. The van der Waals surface area contributed by atoms with Crippen molar-refractivity contribution in [3.63, 3.8) is 0 Å². The van der Waals surface area contributed by atoms with Gasteiger partial charge in [-0.2, -0.15) is 0 Å². The van der Waals surface area contributed by atoms with Crippen molar-refractivity contribution in [2.24, 2.45) is 0 Å². The number of benzene rings is 2. The maximum atomic E-state index is 12.1. The summed E-state index contributed by atoms with van der Waals surface area (Å²) in [6, 6.07) is 8.92. The van der Waals surface area contributed by atoms with Crippen molar-refractivity contribution in [3.8, 4) is 0 Å². The van der Waals surface area contributed by atoms with Crippen LogP contribution >= 0.6 is 0 Å². The molecule has 0 heterocycles. The predicted octanol–water partition coefficient (Wildman–Crippen LogP) is 2.39. The molecule has 2 rings (SSSR count). The Morgan fingerprint density at radius 1 is 0.750 bits per heavy atom. The number of rotatable bonds is 4. The summed E-state index contributed by atoms with van der Waals surface area (Å²) in [4.78, 5) is 45.8. The van der Waals surface area contributed by atoms with Gasteiger partial charge in [0.25, 0.3) is 0 Å². The van der Waals surface area contributed by atoms with Gasteiger partial charge in [0.2, 0.25) is 0 Å². The molecule has 2 aromatic carbocycles. The van der Waals surface area contributed by atoms with E-state index in [9.17, 15) is 19.2 Å². The van der Waals surface area contributed by atoms with E-state index < -0.39 is 23.9 Å². The Hall–Kier alpha value is -3.48. The number of ether oxygens (including phenoxy) is 1. The number of carboxylic acid groups (broad SMARTS) is 2. The van der Waals surface area contributed by atoms with Crippen LogP contribution in [0.3, 0.4) is 0 Å². The lowest BCUT2D eigenvalue weighted by atomic mass is 10.0. The van der Waals surface area contributed by atoms with E-state index in [2.05, 4.69) is 0 Å². The van der Waals surface area contributed by atoms with Crippen molar-refractivity contribution in [2.75, 3.05) is 0 Å². The first-order valence-corrected chi connectivity index (χ1v) is 6.74. The molecule has 0 radical (unpaired) electrons. The largest absolute Gasteiger partial charge is 0.478 e. The third-order valence-electron chi connectivity index (χ3n) is 3.34. The zero-order valence-corrected chi connectivity index (χ0v) is 12.5. The molecule has 0 unspecified atom stereocenters. The molecule has 7 nitrogen and oxygen atoms in total. The number of esters is 2. The summed E-state index contributed by atoms with van der Waals surface area (Å²) in [5.74, 6) is -4.29. The maximum Gasteiger partial charge on any atom is 0.346 e. The van der Waals surface area contributed by atoms with Crippen LogP contribution in [-0.4, -0.2) is 34.1 Å². The molecule has 0 spiro atoms. The highest BCUT2D eigenvalue weighted by Gasteiger charge is 2.20. The number of carbonyl (C=O) groups excluding carboxylic acids is 2. The molecule has 0 aromatic heterocycles. The molecule has 0 fully saturated rings. The molecular formula is C17H12O7. The summed E-state index contributed by atoms with van der Waals surface area (Å²) in [6.07, 6.45) is 0. The van der Waals surface area contributed by atoms with Gasteiger partial charge in [-0.15, -0.1) is 0 Å². The van der Waals surface area contributed by atoms with Crippen LogP contribution < -0.4 is 0 Å². The average molecular weight is 328 g/mol. The van der Waals surface area contributed by atoms with Gasteiger partial charge in [-0.3, -0.25) is 0 Å². The summed E-state index contributed by atoms with van der Waals surface area (Å²) >= 11 is 0. The molecule has 0 aliphatic rings. The van der Waals surface area contributed by atoms with E-state index in [1.54, 1.807) is 0 Å². The quantitative estimate of drug-likeness (QED) is 0.653. The van der Waals surface area contributed by atoms with Gasteiger partial charge in [0.05, 0.1) is 22.3 Å². The molecule has 0 atom stereocenters. The van der Waals surface area contributed by atoms with Crippen molar-refractivity contribution in [1.29, 1.82) is 0 Å². The fraction of sp³-hybridized carbons (Fsp3) is 0.0588. The molecule has 7 heteroatoms. The Kier molecular flexibility index (Phi) is 4.74. The van der Waals surface area contributed by atoms with Gasteiger partial charge in [0, 0.05) is 0 Å². The molecule has 0 aliphatic heterocycles. The van der Waals surface area contributed by atoms with Gasteiger partial charge in [0.1, 0.15) is 0 Å². The summed E-state index contributed by atoms with van der Waals surface area (Å²) in [6.45, 7) is 1.44. The minimum Gasteiger partial charge on any atom is -0.478 e. The molecule has 24 heavy (non-hydrogen) atoms. The van der Waals surface area contributed by atoms with Crippen LogP contribution in [0.5, 0.6) is 0 Å². The van der Waals surface area contributed by atoms with Crippen LogP contribution in [-0.2, 0) is 4.74 Å². The zero-order chi connectivity index (χ0) is 17.9. The Balaban J connectivity index is 2.20. The second-order valence-corrected chi connectivity index (χ2v) is 4.84. The normalized spacial score (nSPS) is 10.0. The highest BCUT2D eigenvalue weighted by Crippen LogP contribution is 2.16. The third-order valence-corrected chi connectivity index (χ3v) is 3.34. The van der Waals surface area contributed by atoms with E-state index >= 15 is 0 Å². The van der Waals surface area contributed by atoms with E-state index in [0.717, 1.165) is 0 Å². The highest BCUT2D eigenvalue weighted by atomic mass is 16.6. The molecule has 0 saturated heterocycles. The molecule has 122 valence electrons. The molecule has 2 N–H and O–H groups in total. The lowest BCUT2D eigenvalue weighted by Gasteiger charge is -2.08. The van der Waals surface area contributed by atoms with Crippen LogP contribution in [0.25, 0.3) is 0 Å². The van der Waals surface area contributed by atoms with Gasteiger partial charge in [-0.05, 0) is 48.9 Å². The van der Waals surface area contributed by atoms with E-state index in [1.165, 1.54) is 49.4 Å². The fourth-order valence-corrected chi connectivity index (χ4v) is 2.04. The SMILES string of the molecule is Cc1c(C(=O)O)cccc1C(=O)OC(=O)c1ccc(C(=O)O)cc1. The minimum absolute atomic E-state index is 0.000363. The van der Waals surface area contributed by atoms with E-state index in [1.807, 2.05) is 0 Å². The first kappa shape index (κ1) is 16.9. The third kappa shape index (κ3) is 3.46. The minimum atomic E-state index is -1.20. The van der Waals surface area contributed by atoms with Gasteiger partial charge in [0.15, 0.2) is 0 Å². The molecular weight excluding hydrogens is 316 g/mol. The molecule has 0 amide bonds.